The van der Waals surface area contributed by atoms with Gasteiger partial charge in [-0.05, 0) is 37.1 Å². The molecule has 1 aliphatic rings. The van der Waals surface area contributed by atoms with Crippen molar-refractivity contribution in [1.29, 1.82) is 5.26 Å². The summed E-state index contributed by atoms with van der Waals surface area (Å²) in [7, 11) is 3.20. The second-order valence-corrected chi connectivity index (χ2v) is 5.33. The summed E-state index contributed by atoms with van der Waals surface area (Å²) in [6.07, 6.45) is 5.76. The van der Waals surface area contributed by atoms with E-state index in [0.29, 0.717) is 23.7 Å². The summed E-state index contributed by atoms with van der Waals surface area (Å²) in [4.78, 5) is 17.8. The molecule has 0 atom stereocenters. The molecule has 0 N–H and O–H groups in total. The molecule has 0 aromatic heterocycles. The zero-order chi connectivity index (χ0) is 18.9. The van der Waals surface area contributed by atoms with Crippen LogP contribution in [0, 0.1) is 11.3 Å². The first-order valence-corrected chi connectivity index (χ1v) is 8.13. The fraction of sp³-hybridized carbons (Fsp3) is 0.316. The van der Waals surface area contributed by atoms with Crippen molar-refractivity contribution in [2.75, 3.05) is 27.4 Å². The lowest BCUT2D eigenvalue weighted by atomic mass is 10.1. The first kappa shape index (κ1) is 19.1. The Balaban J connectivity index is 2.01. The molecule has 7 heteroatoms. The number of ether oxygens (including phenoxy) is 3. The van der Waals surface area contributed by atoms with Crippen molar-refractivity contribution in [2.45, 2.75) is 13.3 Å². The highest BCUT2D eigenvalue weighted by atomic mass is 16.5. The number of benzene rings is 1. The van der Waals surface area contributed by atoms with E-state index in [2.05, 4.69) is 4.99 Å². The van der Waals surface area contributed by atoms with Crippen LogP contribution in [-0.4, -0.2) is 44.6 Å². The summed E-state index contributed by atoms with van der Waals surface area (Å²) in [5, 5.41) is 9.13. The molecular weight excluding hydrogens is 334 g/mol. The molecule has 1 aromatic carbocycles. The van der Waals surface area contributed by atoms with E-state index < -0.39 is 5.97 Å². The van der Waals surface area contributed by atoms with Gasteiger partial charge in [0.05, 0.1) is 32.9 Å². The van der Waals surface area contributed by atoms with Crippen LogP contribution in [0.1, 0.15) is 12.5 Å². The fourth-order valence-electron chi connectivity index (χ4n) is 2.37. The molecule has 0 radical (unpaired) electrons. The van der Waals surface area contributed by atoms with Gasteiger partial charge in [0.1, 0.15) is 6.07 Å². The van der Waals surface area contributed by atoms with Crippen LogP contribution in [0.5, 0.6) is 11.5 Å². The third-order valence-corrected chi connectivity index (χ3v) is 3.72. The summed E-state index contributed by atoms with van der Waals surface area (Å²) >= 11 is 0. The number of rotatable bonds is 7. The molecule has 1 heterocycles. The van der Waals surface area contributed by atoms with Crippen LogP contribution < -0.4 is 9.47 Å². The highest BCUT2D eigenvalue weighted by Gasteiger charge is 2.16. The van der Waals surface area contributed by atoms with Gasteiger partial charge in [0.2, 0.25) is 0 Å². The average Bonchev–Trinajstić information content (AvgIpc) is 2.67. The van der Waals surface area contributed by atoms with Crippen molar-refractivity contribution >= 4 is 12.3 Å². The minimum atomic E-state index is -0.662. The van der Waals surface area contributed by atoms with Gasteiger partial charge in [0.15, 0.2) is 17.1 Å². The molecule has 0 fully saturated rings. The maximum atomic E-state index is 11.7. The number of hydrogen-bond acceptors (Lipinski definition) is 7. The normalized spacial score (nSPS) is 14.6. The number of aliphatic imine (C=N–C) groups is 1. The number of nitrogens with zero attached hydrogens (tertiary/aromatic N) is 3. The molecule has 0 saturated heterocycles. The van der Waals surface area contributed by atoms with Crippen molar-refractivity contribution in [3.8, 4) is 17.6 Å². The fourth-order valence-corrected chi connectivity index (χ4v) is 2.37. The highest BCUT2D eigenvalue weighted by Crippen LogP contribution is 2.27. The van der Waals surface area contributed by atoms with Crippen LogP contribution in [0.15, 0.2) is 46.7 Å². The van der Waals surface area contributed by atoms with Crippen LogP contribution in [0.4, 0.5) is 0 Å². The van der Waals surface area contributed by atoms with E-state index in [1.54, 1.807) is 39.8 Å². The van der Waals surface area contributed by atoms with E-state index in [9.17, 15) is 4.79 Å². The van der Waals surface area contributed by atoms with E-state index in [-0.39, 0.29) is 12.2 Å². The number of carbonyl (C=O) groups is 1. The predicted octanol–water partition coefficient (Wildman–Crippen LogP) is 2.44. The standard InChI is InChI=1S/C19H21N3O4/c1-4-26-19(23)15(12-20)16-8-10-22(13-21-16)9-7-14-5-6-17(24-2)18(11-14)25-3/h5-6,8,10-11,13H,4,7,9H2,1-3H3. The molecule has 0 bridgehead atoms. The second kappa shape index (κ2) is 9.28. The maximum Gasteiger partial charge on any atom is 0.351 e. The Morgan fingerprint density at radius 3 is 2.62 bits per heavy atom. The van der Waals surface area contributed by atoms with Gasteiger partial charge in [-0.25, -0.2) is 9.79 Å². The van der Waals surface area contributed by atoms with Gasteiger partial charge in [-0.1, -0.05) is 6.07 Å². The zero-order valence-electron chi connectivity index (χ0n) is 15.1. The molecule has 0 saturated carbocycles. The van der Waals surface area contributed by atoms with Gasteiger partial charge in [0.25, 0.3) is 0 Å². The van der Waals surface area contributed by atoms with Crippen molar-refractivity contribution in [3.63, 3.8) is 0 Å². The first-order chi connectivity index (χ1) is 12.6. The van der Waals surface area contributed by atoms with E-state index in [4.69, 9.17) is 19.5 Å². The first-order valence-electron chi connectivity index (χ1n) is 8.13. The molecule has 0 aliphatic carbocycles. The largest absolute Gasteiger partial charge is 0.493 e. The predicted molar refractivity (Wildman–Crippen MR) is 96.9 cm³/mol. The number of methoxy groups -OCH3 is 2. The molecule has 0 spiro atoms. The molecule has 0 amide bonds. The molecule has 26 heavy (non-hydrogen) atoms. The molecule has 0 unspecified atom stereocenters. The molecule has 1 aliphatic heterocycles. The van der Waals surface area contributed by atoms with Crippen molar-refractivity contribution < 1.29 is 19.0 Å². The molecule has 136 valence electrons. The molecule has 7 nitrogen and oxygen atoms in total. The van der Waals surface area contributed by atoms with Crippen molar-refractivity contribution in [2.24, 2.45) is 4.99 Å². The van der Waals surface area contributed by atoms with E-state index in [1.807, 2.05) is 29.2 Å². The number of nitriles is 1. The van der Waals surface area contributed by atoms with Gasteiger partial charge in [-0.15, -0.1) is 0 Å². The van der Waals surface area contributed by atoms with Crippen LogP contribution in [0.25, 0.3) is 0 Å². The third-order valence-electron chi connectivity index (χ3n) is 3.72. The summed E-state index contributed by atoms with van der Waals surface area (Å²) in [6.45, 7) is 2.58. The topological polar surface area (TPSA) is 84.2 Å². The average molecular weight is 355 g/mol. The molecule has 2 rings (SSSR count). The minimum Gasteiger partial charge on any atom is -0.493 e. The molecule has 1 aromatic rings. The quantitative estimate of drug-likeness (QED) is 0.424. The van der Waals surface area contributed by atoms with Crippen LogP contribution in [0.3, 0.4) is 0 Å². The Kier molecular flexibility index (Phi) is 6.80. The SMILES string of the molecule is CCOC(=O)C(C#N)=C1C=CN(CCc2ccc(OC)c(OC)c2)C=N1. The van der Waals surface area contributed by atoms with Gasteiger partial charge in [-0.2, -0.15) is 5.26 Å². The molecular formula is C19H21N3O4. The Hall–Kier alpha value is -3.27. The Labute approximate surface area is 152 Å². The maximum absolute atomic E-state index is 11.7. The highest BCUT2D eigenvalue weighted by molar-refractivity contribution is 5.94. The van der Waals surface area contributed by atoms with Crippen LogP contribution in [-0.2, 0) is 16.0 Å². The summed E-state index contributed by atoms with van der Waals surface area (Å²) < 4.78 is 15.4. The number of allylic oxidation sites excluding steroid dienone is 1. The Morgan fingerprint density at radius 2 is 2.04 bits per heavy atom. The zero-order valence-corrected chi connectivity index (χ0v) is 15.1. The van der Waals surface area contributed by atoms with Crippen molar-refractivity contribution in [1.82, 2.24) is 4.90 Å². The van der Waals surface area contributed by atoms with Gasteiger partial charge >= 0.3 is 5.97 Å². The van der Waals surface area contributed by atoms with Crippen LogP contribution in [0.2, 0.25) is 0 Å². The third kappa shape index (κ3) is 4.63. The Bertz CT molecular complexity index is 774. The minimum absolute atomic E-state index is 0.0982. The number of hydrogen-bond donors (Lipinski definition) is 0. The lowest BCUT2D eigenvalue weighted by Crippen LogP contribution is -2.21. The van der Waals surface area contributed by atoms with E-state index in [0.717, 1.165) is 12.0 Å². The van der Waals surface area contributed by atoms with E-state index >= 15 is 0 Å². The summed E-state index contributed by atoms with van der Waals surface area (Å²) in [5.41, 5.74) is 1.29. The smallest absolute Gasteiger partial charge is 0.351 e. The number of carbonyl (C=O) groups excluding carboxylic acids is 1. The van der Waals surface area contributed by atoms with Gasteiger partial charge < -0.3 is 19.1 Å². The lowest BCUT2D eigenvalue weighted by Gasteiger charge is -2.18. The monoisotopic (exact) mass is 355 g/mol. The van der Waals surface area contributed by atoms with Gasteiger partial charge in [-0.3, -0.25) is 0 Å². The Morgan fingerprint density at radius 1 is 1.27 bits per heavy atom. The lowest BCUT2D eigenvalue weighted by molar-refractivity contribution is -0.138. The number of esters is 1. The van der Waals surface area contributed by atoms with Crippen molar-refractivity contribution in [3.05, 3.63) is 47.3 Å². The van der Waals surface area contributed by atoms with Gasteiger partial charge in [0, 0.05) is 12.7 Å². The van der Waals surface area contributed by atoms with Crippen LogP contribution >= 0.6 is 0 Å². The second-order valence-electron chi connectivity index (χ2n) is 5.33. The van der Waals surface area contributed by atoms with E-state index in [1.165, 1.54) is 0 Å². The summed E-state index contributed by atoms with van der Waals surface area (Å²) in [5.74, 6) is 0.713. The summed E-state index contributed by atoms with van der Waals surface area (Å²) in [6, 6.07) is 7.63.